The number of imidazole rings is 1. The topological polar surface area (TPSA) is 184 Å². The van der Waals surface area contributed by atoms with Crippen molar-refractivity contribution in [2.75, 3.05) is 25.0 Å². The fraction of sp³-hybridized carbons (Fsp3) is 0.455. The molecule has 4 aromatic rings. The molecule has 0 spiro atoms. The maximum atomic E-state index is 13.9. The van der Waals surface area contributed by atoms with Gasteiger partial charge in [-0.15, -0.1) is 0 Å². The number of fused-ring (bicyclic) bond motifs is 1. The molecule has 6 rings (SSSR count). The number of ether oxygens (including phenoxy) is 1. The number of rotatable bonds is 10. The van der Waals surface area contributed by atoms with Gasteiger partial charge in [-0.2, -0.15) is 5.48 Å². The Labute approximate surface area is 339 Å². The number of anilines is 1. The van der Waals surface area contributed by atoms with Crippen LogP contribution in [-0.4, -0.2) is 76.1 Å². The normalized spacial score (nSPS) is 17.5. The maximum absolute atomic E-state index is 13.9. The number of aromatic nitrogens is 2. The van der Waals surface area contributed by atoms with Crippen LogP contribution in [0.25, 0.3) is 22.2 Å². The number of carbonyl (C=O) groups is 5. The Hall–Kier alpha value is -5.92. The highest BCUT2D eigenvalue weighted by atomic mass is 16.7. The van der Waals surface area contributed by atoms with Crippen LogP contribution in [-0.2, 0) is 25.6 Å². The lowest BCUT2D eigenvalue weighted by molar-refractivity contribution is -0.130. The Morgan fingerprint density at radius 3 is 2.31 bits per heavy atom. The number of alkyl carbamates (subject to hydrolysis) is 1. The van der Waals surface area contributed by atoms with Crippen molar-refractivity contribution in [3.8, 4) is 11.1 Å². The molecule has 1 aliphatic carbocycles. The van der Waals surface area contributed by atoms with E-state index < -0.39 is 29.7 Å². The molecule has 308 valence electrons. The van der Waals surface area contributed by atoms with Gasteiger partial charge in [0.15, 0.2) is 0 Å². The molecule has 2 heterocycles. The fourth-order valence-electron chi connectivity index (χ4n) is 7.59. The van der Waals surface area contributed by atoms with Gasteiger partial charge >= 0.3 is 12.2 Å². The van der Waals surface area contributed by atoms with Crippen molar-refractivity contribution in [1.29, 1.82) is 0 Å². The van der Waals surface area contributed by atoms with Crippen molar-refractivity contribution in [1.82, 2.24) is 31.0 Å². The Morgan fingerprint density at radius 1 is 0.897 bits per heavy atom. The van der Waals surface area contributed by atoms with Gasteiger partial charge in [-0.25, -0.2) is 14.6 Å². The van der Waals surface area contributed by atoms with E-state index in [9.17, 15) is 24.0 Å². The van der Waals surface area contributed by atoms with Gasteiger partial charge < -0.3 is 35.4 Å². The molecule has 5 amide bonds. The second kappa shape index (κ2) is 18.6. The summed E-state index contributed by atoms with van der Waals surface area (Å²) in [5.41, 5.74) is 7.77. The lowest BCUT2D eigenvalue weighted by Gasteiger charge is -2.29. The fourth-order valence-corrected chi connectivity index (χ4v) is 7.59. The van der Waals surface area contributed by atoms with Crippen molar-refractivity contribution in [3.63, 3.8) is 0 Å². The quantitative estimate of drug-likeness (QED) is 0.105. The van der Waals surface area contributed by atoms with Crippen LogP contribution in [0.3, 0.4) is 0 Å². The predicted octanol–water partition coefficient (Wildman–Crippen LogP) is 7.11. The summed E-state index contributed by atoms with van der Waals surface area (Å²) in [7, 11) is 0. The molecule has 0 radical (unpaired) electrons. The third kappa shape index (κ3) is 11.4. The van der Waals surface area contributed by atoms with E-state index in [0.717, 1.165) is 71.2 Å². The number of amides is 5. The number of piperidine rings is 1. The smallest absolute Gasteiger partial charge is 0.434 e. The summed E-state index contributed by atoms with van der Waals surface area (Å²) in [4.78, 5) is 79.2. The van der Waals surface area contributed by atoms with Gasteiger partial charge in [0.25, 0.3) is 5.91 Å². The van der Waals surface area contributed by atoms with Gasteiger partial charge in [0.05, 0.1) is 11.0 Å². The third-order valence-electron chi connectivity index (χ3n) is 10.7. The van der Waals surface area contributed by atoms with E-state index in [1.807, 2.05) is 77.1 Å². The summed E-state index contributed by atoms with van der Waals surface area (Å²) in [6, 6.07) is 17.7. The molecule has 5 N–H and O–H groups in total. The standard InChI is InChI=1S/C44H55N7O7/c1-27-23-33(40(53)50-58-43(56)51-21-7-6-8-22-51)17-19-35(27)31-13-9-29(10-14-31)24-38(41(54)48-34-18-20-36-37(25-34)47-28(2)46-36)49-39(52)32-15-11-30(12-16-32)26-45-42(55)57-44(3,4)5/h9-10,13-14,17-20,23,25,30,32,38H,6-8,11-12,15-16,21-22,24,26H2,1-5H3,(H,45,55)(H,46,47)(H,48,54)(H,49,52)(H,50,53)/t30?,32?,38-/m0/s1. The van der Waals surface area contributed by atoms with E-state index in [1.165, 1.54) is 0 Å². The molecule has 14 nitrogen and oxygen atoms in total. The van der Waals surface area contributed by atoms with Gasteiger partial charge in [-0.05, 0) is 138 Å². The van der Waals surface area contributed by atoms with Gasteiger partial charge in [0, 0.05) is 43.2 Å². The van der Waals surface area contributed by atoms with E-state index >= 15 is 0 Å². The molecule has 2 fully saturated rings. The number of nitrogens with zero attached hydrogens (tertiary/aromatic N) is 2. The van der Waals surface area contributed by atoms with E-state index in [0.29, 0.717) is 43.7 Å². The molecule has 0 bridgehead atoms. The molecular weight excluding hydrogens is 739 g/mol. The molecule has 1 aliphatic heterocycles. The minimum Gasteiger partial charge on any atom is -0.444 e. The first-order chi connectivity index (χ1) is 27.7. The first-order valence-corrected chi connectivity index (χ1v) is 20.2. The van der Waals surface area contributed by atoms with Crippen LogP contribution in [0.5, 0.6) is 0 Å². The zero-order chi connectivity index (χ0) is 41.4. The van der Waals surface area contributed by atoms with Crippen LogP contribution < -0.4 is 21.4 Å². The van der Waals surface area contributed by atoms with Crippen molar-refractivity contribution in [2.24, 2.45) is 11.8 Å². The Morgan fingerprint density at radius 2 is 1.62 bits per heavy atom. The SMILES string of the molecule is Cc1nc2ccc(NC(=O)[C@H](Cc3ccc(-c4ccc(C(=O)NOC(=O)N5CCCCC5)cc4C)cc3)NC(=O)C3CCC(CNC(=O)OC(C)(C)C)CC3)cc2[nH]1. The summed E-state index contributed by atoms with van der Waals surface area (Å²) >= 11 is 0. The van der Waals surface area contributed by atoms with Crippen molar-refractivity contribution in [3.05, 3.63) is 83.2 Å². The third-order valence-corrected chi connectivity index (χ3v) is 10.7. The minimum atomic E-state index is -0.854. The highest BCUT2D eigenvalue weighted by Gasteiger charge is 2.30. The van der Waals surface area contributed by atoms with Crippen LogP contribution in [0.4, 0.5) is 15.3 Å². The molecule has 0 unspecified atom stereocenters. The second-order valence-corrected chi connectivity index (χ2v) is 16.5. The van der Waals surface area contributed by atoms with E-state index in [-0.39, 0.29) is 30.1 Å². The van der Waals surface area contributed by atoms with Gasteiger partial charge in [0.2, 0.25) is 11.8 Å². The lowest BCUT2D eigenvalue weighted by Crippen LogP contribution is -2.48. The van der Waals surface area contributed by atoms with Crippen molar-refractivity contribution >= 4 is 46.6 Å². The monoisotopic (exact) mass is 793 g/mol. The average Bonchev–Trinajstić information content (AvgIpc) is 3.58. The molecule has 1 atom stereocenters. The molecule has 2 aliphatic rings. The van der Waals surface area contributed by atoms with Crippen molar-refractivity contribution in [2.45, 2.75) is 97.6 Å². The first kappa shape index (κ1) is 41.7. The number of hydroxylamine groups is 1. The number of likely N-dealkylation sites (tertiary alicyclic amines) is 1. The molecule has 3 aromatic carbocycles. The molecule has 14 heteroatoms. The number of benzene rings is 3. The number of H-pyrrole nitrogens is 1. The largest absolute Gasteiger partial charge is 0.444 e. The number of hydrogen-bond donors (Lipinski definition) is 5. The summed E-state index contributed by atoms with van der Waals surface area (Å²) in [6.07, 6.45) is 5.01. The van der Waals surface area contributed by atoms with Crippen LogP contribution in [0, 0.1) is 25.7 Å². The summed E-state index contributed by atoms with van der Waals surface area (Å²) in [5.74, 6) is -0.268. The number of aromatic amines is 1. The van der Waals surface area contributed by atoms with Gasteiger partial charge in [-0.3, -0.25) is 14.4 Å². The van der Waals surface area contributed by atoms with E-state index in [2.05, 4.69) is 31.4 Å². The zero-order valence-corrected chi connectivity index (χ0v) is 34.0. The van der Waals surface area contributed by atoms with Crippen LogP contribution in [0.15, 0.2) is 60.7 Å². The number of hydrogen-bond acceptors (Lipinski definition) is 8. The second-order valence-electron chi connectivity index (χ2n) is 16.5. The zero-order valence-electron chi connectivity index (χ0n) is 34.0. The number of carbonyl (C=O) groups excluding carboxylic acids is 5. The predicted molar refractivity (Wildman–Crippen MR) is 221 cm³/mol. The van der Waals surface area contributed by atoms with Crippen LogP contribution in [0.1, 0.15) is 93.0 Å². The minimum absolute atomic E-state index is 0.170. The molecule has 1 saturated heterocycles. The molecule has 1 saturated carbocycles. The average molecular weight is 794 g/mol. The Bertz CT molecular complexity index is 2110. The maximum Gasteiger partial charge on any atom is 0.434 e. The first-order valence-electron chi connectivity index (χ1n) is 20.2. The molecule has 1 aromatic heterocycles. The summed E-state index contributed by atoms with van der Waals surface area (Å²) in [6.45, 7) is 11.0. The Balaban J connectivity index is 1.09. The number of aryl methyl sites for hydroxylation is 2. The lowest BCUT2D eigenvalue weighted by atomic mass is 9.81. The van der Waals surface area contributed by atoms with Gasteiger partial charge in [-0.1, -0.05) is 30.3 Å². The van der Waals surface area contributed by atoms with Crippen molar-refractivity contribution < 1.29 is 33.5 Å². The van der Waals surface area contributed by atoms with Gasteiger partial charge in [0.1, 0.15) is 17.5 Å². The highest BCUT2D eigenvalue weighted by Crippen LogP contribution is 2.30. The molecule has 58 heavy (non-hydrogen) atoms. The number of nitrogens with one attached hydrogen (secondary N) is 5. The highest BCUT2D eigenvalue weighted by molar-refractivity contribution is 5.99. The van der Waals surface area contributed by atoms with E-state index in [4.69, 9.17) is 9.57 Å². The summed E-state index contributed by atoms with van der Waals surface area (Å²) in [5, 5.41) is 8.91. The van der Waals surface area contributed by atoms with Crippen LogP contribution >= 0.6 is 0 Å². The Kier molecular flexibility index (Phi) is 13.3. The molecular formula is C44H55N7O7. The van der Waals surface area contributed by atoms with E-state index in [1.54, 1.807) is 23.1 Å². The summed E-state index contributed by atoms with van der Waals surface area (Å²) < 4.78 is 5.36. The van der Waals surface area contributed by atoms with Crippen LogP contribution in [0.2, 0.25) is 0 Å².